The van der Waals surface area contributed by atoms with Gasteiger partial charge >= 0.3 is 0 Å². The number of hydrogen-bond donors (Lipinski definition) is 0. The van der Waals surface area contributed by atoms with Crippen LogP contribution in [0.4, 0.5) is 15.2 Å². The Morgan fingerprint density at radius 2 is 1.85 bits per heavy atom. The first kappa shape index (κ1) is 16.7. The molecule has 3 aromatic rings. The van der Waals surface area contributed by atoms with Crippen molar-refractivity contribution < 1.29 is 9.18 Å². The third kappa shape index (κ3) is 3.31. The van der Waals surface area contributed by atoms with E-state index >= 15 is 0 Å². The molecular formula is C19H12FN3OS2. The second-order valence-electron chi connectivity index (χ2n) is 5.32. The number of hydrogen-bond acceptors (Lipinski definition) is 5. The fraction of sp³-hybridized carbons (Fsp3) is 0. The largest absolute Gasteiger partial charge is 0.271 e. The molecule has 26 heavy (non-hydrogen) atoms. The van der Waals surface area contributed by atoms with Gasteiger partial charge in [-0.05, 0) is 36.0 Å². The molecule has 1 amide bonds. The lowest BCUT2D eigenvalue weighted by molar-refractivity contribution is -0.113. The van der Waals surface area contributed by atoms with Crippen molar-refractivity contribution in [2.24, 2.45) is 4.99 Å². The zero-order chi connectivity index (χ0) is 17.9. The Balaban J connectivity index is 1.78. The number of thiazole rings is 1. The maximum atomic E-state index is 14.0. The summed E-state index contributed by atoms with van der Waals surface area (Å²) in [6.07, 6.45) is 3.22. The van der Waals surface area contributed by atoms with Crippen LogP contribution in [0.1, 0.15) is 5.56 Å². The first-order valence-electron chi connectivity index (χ1n) is 7.74. The van der Waals surface area contributed by atoms with E-state index in [2.05, 4.69) is 9.98 Å². The Morgan fingerprint density at radius 3 is 2.58 bits per heavy atom. The zero-order valence-electron chi connectivity index (χ0n) is 13.4. The van der Waals surface area contributed by atoms with Gasteiger partial charge in [-0.1, -0.05) is 36.4 Å². The average Bonchev–Trinajstić information content (AvgIpc) is 3.27. The Kier molecular flexibility index (Phi) is 4.64. The number of para-hydroxylation sites is 1. The average molecular weight is 381 g/mol. The lowest BCUT2D eigenvalue weighted by atomic mass is 10.2. The van der Waals surface area contributed by atoms with Crippen LogP contribution in [0.25, 0.3) is 6.08 Å². The number of thioether (sulfide) groups is 1. The van der Waals surface area contributed by atoms with Crippen molar-refractivity contribution in [1.82, 2.24) is 4.98 Å². The van der Waals surface area contributed by atoms with Crippen LogP contribution in [0.2, 0.25) is 0 Å². The fourth-order valence-corrected chi connectivity index (χ4v) is 3.97. The third-order valence-electron chi connectivity index (χ3n) is 3.62. The minimum atomic E-state index is -0.370. The van der Waals surface area contributed by atoms with Gasteiger partial charge in [0.15, 0.2) is 5.17 Å². The molecule has 0 radical (unpaired) electrons. The van der Waals surface area contributed by atoms with E-state index in [1.165, 1.54) is 34.1 Å². The molecule has 1 aliphatic rings. The number of carbonyl (C=O) groups is 1. The number of carbonyl (C=O) groups excluding carboxylic acids is 1. The van der Waals surface area contributed by atoms with E-state index in [1.807, 2.05) is 35.7 Å². The summed E-state index contributed by atoms with van der Waals surface area (Å²) in [5, 5.41) is 2.89. The number of anilines is 1. The Hall–Kier alpha value is -2.77. The number of rotatable bonds is 3. The van der Waals surface area contributed by atoms with Crippen LogP contribution in [-0.2, 0) is 4.79 Å². The molecular weight excluding hydrogens is 369 g/mol. The number of aromatic nitrogens is 1. The number of amides is 1. The van der Waals surface area contributed by atoms with Gasteiger partial charge in [-0.3, -0.25) is 9.69 Å². The lowest BCUT2D eigenvalue weighted by Crippen LogP contribution is -2.28. The van der Waals surface area contributed by atoms with Gasteiger partial charge in [0, 0.05) is 17.1 Å². The topological polar surface area (TPSA) is 45.6 Å². The van der Waals surface area contributed by atoms with E-state index in [1.54, 1.807) is 30.5 Å². The molecule has 1 aromatic heterocycles. The maximum absolute atomic E-state index is 14.0. The Bertz CT molecular complexity index is 1000. The first-order chi connectivity index (χ1) is 12.7. The normalized spacial score (nSPS) is 17.4. The van der Waals surface area contributed by atoms with Crippen LogP contribution in [0.15, 0.2) is 76.1 Å². The predicted octanol–water partition coefficient (Wildman–Crippen LogP) is 5.09. The number of benzene rings is 2. The van der Waals surface area contributed by atoms with Crippen LogP contribution < -0.4 is 4.90 Å². The molecule has 0 atom stereocenters. The van der Waals surface area contributed by atoms with Crippen LogP contribution in [0.5, 0.6) is 0 Å². The van der Waals surface area contributed by atoms with Gasteiger partial charge in [-0.15, -0.1) is 11.3 Å². The minimum absolute atomic E-state index is 0.236. The van der Waals surface area contributed by atoms with E-state index < -0.39 is 0 Å². The van der Waals surface area contributed by atoms with Crippen molar-refractivity contribution in [3.05, 3.63) is 82.5 Å². The van der Waals surface area contributed by atoms with Gasteiger partial charge in [0.05, 0.1) is 10.6 Å². The molecule has 1 aliphatic heterocycles. The minimum Gasteiger partial charge on any atom is -0.268 e. The Morgan fingerprint density at radius 1 is 1.08 bits per heavy atom. The monoisotopic (exact) mass is 381 g/mol. The molecule has 1 fully saturated rings. The number of halogens is 1. The van der Waals surface area contributed by atoms with Crippen molar-refractivity contribution in [2.45, 2.75) is 0 Å². The van der Waals surface area contributed by atoms with Gasteiger partial charge in [-0.25, -0.2) is 9.37 Å². The standard InChI is InChI=1S/C19H12FN3OS2/c20-15-9-5-4-6-13(15)12-16-17(24)23(14-7-2-1-3-8-14)19(26-16)22-18-21-10-11-25-18/h1-12H/b16-12-,22-19+. The zero-order valence-corrected chi connectivity index (χ0v) is 15.0. The van der Waals surface area contributed by atoms with Gasteiger partial charge in [-0.2, -0.15) is 4.99 Å². The van der Waals surface area contributed by atoms with E-state index in [-0.39, 0.29) is 11.7 Å². The van der Waals surface area contributed by atoms with Crippen LogP contribution in [0.3, 0.4) is 0 Å². The van der Waals surface area contributed by atoms with E-state index in [0.29, 0.717) is 26.5 Å². The molecule has 7 heteroatoms. The summed E-state index contributed by atoms with van der Waals surface area (Å²) < 4.78 is 14.0. The highest BCUT2D eigenvalue weighted by Gasteiger charge is 2.35. The highest BCUT2D eigenvalue weighted by molar-refractivity contribution is 8.19. The summed E-state index contributed by atoms with van der Waals surface area (Å²) in [6.45, 7) is 0. The maximum Gasteiger partial charge on any atom is 0.271 e. The quantitative estimate of drug-likeness (QED) is 0.594. The summed E-state index contributed by atoms with van der Waals surface area (Å²) in [7, 11) is 0. The van der Waals surface area contributed by atoms with Crippen LogP contribution in [-0.4, -0.2) is 16.1 Å². The molecule has 4 nitrogen and oxygen atoms in total. The molecule has 2 heterocycles. The van der Waals surface area contributed by atoms with Gasteiger partial charge < -0.3 is 0 Å². The SMILES string of the molecule is O=C1/C(=C/c2ccccc2F)S/C(=N/c2nccs2)N1c1ccccc1. The lowest BCUT2D eigenvalue weighted by Gasteiger charge is -2.14. The van der Waals surface area contributed by atoms with E-state index in [0.717, 1.165) is 0 Å². The van der Waals surface area contributed by atoms with Gasteiger partial charge in [0.2, 0.25) is 5.13 Å². The third-order valence-corrected chi connectivity index (χ3v) is 5.26. The molecule has 0 aliphatic carbocycles. The van der Waals surface area contributed by atoms with Crippen LogP contribution in [0, 0.1) is 5.82 Å². The summed E-state index contributed by atoms with van der Waals surface area (Å²) in [4.78, 5) is 23.6. The van der Waals surface area contributed by atoms with Crippen molar-refractivity contribution in [3.8, 4) is 0 Å². The molecule has 1 saturated heterocycles. The highest BCUT2D eigenvalue weighted by atomic mass is 32.2. The van der Waals surface area contributed by atoms with Crippen molar-refractivity contribution in [3.63, 3.8) is 0 Å². The van der Waals surface area contributed by atoms with Crippen LogP contribution >= 0.6 is 23.1 Å². The van der Waals surface area contributed by atoms with Gasteiger partial charge in [0.1, 0.15) is 5.82 Å². The second kappa shape index (κ2) is 7.23. The number of amidine groups is 1. The van der Waals surface area contributed by atoms with Gasteiger partial charge in [0.25, 0.3) is 5.91 Å². The molecule has 0 unspecified atom stereocenters. The van der Waals surface area contributed by atoms with E-state index in [4.69, 9.17) is 0 Å². The molecule has 4 rings (SSSR count). The summed E-state index contributed by atoms with van der Waals surface area (Å²) in [6, 6.07) is 15.6. The van der Waals surface area contributed by atoms with Crippen molar-refractivity contribution in [1.29, 1.82) is 0 Å². The van der Waals surface area contributed by atoms with Crippen molar-refractivity contribution in [2.75, 3.05) is 4.90 Å². The molecule has 0 saturated carbocycles. The molecule has 0 N–H and O–H groups in total. The summed E-state index contributed by atoms with van der Waals surface area (Å²) in [5.41, 5.74) is 1.07. The van der Waals surface area contributed by atoms with Crippen molar-refractivity contribution >= 4 is 51.1 Å². The molecule has 0 bridgehead atoms. The Labute approximate surface area is 157 Å². The first-order valence-corrected chi connectivity index (χ1v) is 9.44. The summed E-state index contributed by atoms with van der Waals surface area (Å²) in [5.74, 6) is -0.607. The highest BCUT2D eigenvalue weighted by Crippen LogP contribution is 2.37. The second-order valence-corrected chi connectivity index (χ2v) is 7.20. The molecule has 2 aromatic carbocycles. The van der Waals surface area contributed by atoms with E-state index in [9.17, 15) is 9.18 Å². The molecule has 0 spiro atoms. The number of nitrogens with zero attached hydrogens (tertiary/aromatic N) is 3. The molecule has 128 valence electrons. The smallest absolute Gasteiger partial charge is 0.268 e. The number of aliphatic imine (C=N–C) groups is 1. The summed E-state index contributed by atoms with van der Waals surface area (Å²) >= 11 is 2.60. The predicted molar refractivity (Wildman–Crippen MR) is 105 cm³/mol. The fourth-order valence-electron chi connectivity index (χ4n) is 2.44.